The van der Waals surface area contributed by atoms with E-state index in [2.05, 4.69) is 13.8 Å². The fourth-order valence-corrected chi connectivity index (χ4v) is 5.81. The summed E-state index contributed by atoms with van der Waals surface area (Å²) in [6.07, 6.45) is 1.87. The number of aliphatic hydroxyl groups is 2. The van der Waals surface area contributed by atoms with Gasteiger partial charge in [-0.25, -0.2) is 0 Å². The highest BCUT2D eigenvalue weighted by atomic mass is 16.5. The first-order chi connectivity index (χ1) is 8.68. The van der Waals surface area contributed by atoms with Gasteiger partial charge in [-0.1, -0.05) is 13.8 Å². The van der Waals surface area contributed by atoms with Crippen molar-refractivity contribution in [2.45, 2.75) is 51.7 Å². The van der Waals surface area contributed by atoms with Crippen molar-refractivity contribution in [1.82, 2.24) is 0 Å². The molecule has 3 saturated carbocycles. The van der Waals surface area contributed by atoms with Crippen molar-refractivity contribution in [2.75, 3.05) is 6.61 Å². The first kappa shape index (κ1) is 12.2. The first-order valence-electron chi connectivity index (χ1n) is 7.26. The van der Waals surface area contributed by atoms with E-state index in [-0.39, 0.29) is 29.8 Å². The molecule has 0 spiro atoms. The lowest BCUT2D eigenvalue weighted by molar-refractivity contribution is -0.172. The second-order valence-electron chi connectivity index (χ2n) is 8.25. The second kappa shape index (κ2) is 2.86. The Morgan fingerprint density at radius 3 is 2.63 bits per heavy atom. The van der Waals surface area contributed by atoms with Gasteiger partial charge in [0, 0.05) is 0 Å². The van der Waals surface area contributed by atoms with E-state index >= 15 is 0 Å². The zero-order chi connectivity index (χ0) is 13.8. The molecule has 3 aliphatic carbocycles. The summed E-state index contributed by atoms with van der Waals surface area (Å²) in [5.74, 6) is -0.200. The number of rotatable bonds is 0. The van der Waals surface area contributed by atoms with E-state index in [0.29, 0.717) is 6.42 Å². The summed E-state index contributed by atoms with van der Waals surface area (Å²) in [5, 5.41) is 21.9. The number of fused-ring (bicyclic) bond motifs is 1. The van der Waals surface area contributed by atoms with E-state index in [4.69, 9.17) is 4.74 Å². The minimum Gasteiger partial charge on any atom is -0.464 e. The Labute approximate surface area is 113 Å². The predicted molar refractivity (Wildman–Crippen MR) is 67.1 cm³/mol. The Kier molecular flexibility index (Phi) is 1.83. The van der Waals surface area contributed by atoms with Crippen molar-refractivity contribution in [3.05, 3.63) is 0 Å². The minimum absolute atomic E-state index is 0.00113. The third-order valence-electron chi connectivity index (χ3n) is 6.75. The molecule has 6 atom stereocenters. The number of hydrogen-bond donors (Lipinski definition) is 2. The Morgan fingerprint density at radius 1 is 1.26 bits per heavy atom. The Hall–Kier alpha value is -0.610. The monoisotopic (exact) mass is 266 g/mol. The van der Waals surface area contributed by atoms with Crippen LogP contribution in [0, 0.1) is 28.1 Å². The standard InChI is InChI=1S/C15H22O4/c1-12(2)4-8-9(5-12)13(3,18)15-6-14(15,10(8)16)7-19-11(15)17/h8-10,16,18H,4-7H2,1-3H3/t8-,9+,10-,13-,14+,15+/m1/s1. The highest BCUT2D eigenvalue weighted by Gasteiger charge is 2.90. The average molecular weight is 266 g/mol. The van der Waals surface area contributed by atoms with Gasteiger partial charge in [0.05, 0.1) is 17.1 Å². The molecule has 0 unspecified atom stereocenters. The molecule has 0 bridgehead atoms. The molecular formula is C15H22O4. The van der Waals surface area contributed by atoms with E-state index in [1.807, 2.05) is 0 Å². The molecule has 0 aromatic rings. The number of esters is 1. The molecule has 0 aromatic heterocycles. The van der Waals surface area contributed by atoms with E-state index in [9.17, 15) is 15.0 Å². The van der Waals surface area contributed by atoms with Crippen LogP contribution in [0.5, 0.6) is 0 Å². The minimum atomic E-state index is -1.04. The van der Waals surface area contributed by atoms with E-state index in [0.717, 1.165) is 12.8 Å². The van der Waals surface area contributed by atoms with Crippen LogP contribution in [-0.4, -0.2) is 34.5 Å². The third kappa shape index (κ3) is 1.03. The van der Waals surface area contributed by atoms with Crippen molar-refractivity contribution >= 4 is 5.97 Å². The molecule has 4 aliphatic rings. The van der Waals surface area contributed by atoms with Crippen molar-refractivity contribution in [3.8, 4) is 0 Å². The van der Waals surface area contributed by atoms with Crippen LogP contribution in [-0.2, 0) is 9.53 Å². The number of ether oxygens (including phenoxy) is 1. The summed E-state index contributed by atoms with van der Waals surface area (Å²) >= 11 is 0. The average Bonchev–Trinajstić information content (AvgIpc) is 2.80. The smallest absolute Gasteiger partial charge is 0.315 e. The molecule has 4 nitrogen and oxygen atoms in total. The molecule has 1 aliphatic heterocycles. The van der Waals surface area contributed by atoms with Gasteiger partial charge in [0.15, 0.2) is 0 Å². The molecule has 4 heteroatoms. The van der Waals surface area contributed by atoms with E-state index in [1.165, 1.54) is 0 Å². The van der Waals surface area contributed by atoms with Crippen LogP contribution < -0.4 is 0 Å². The maximum Gasteiger partial charge on any atom is 0.315 e. The maximum absolute atomic E-state index is 12.2. The van der Waals surface area contributed by atoms with Gasteiger partial charge in [0.1, 0.15) is 12.0 Å². The Bertz CT molecular complexity index is 483. The lowest BCUT2D eigenvalue weighted by Gasteiger charge is -2.47. The van der Waals surface area contributed by atoms with Crippen molar-refractivity contribution in [3.63, 3.8) is 0 Å². The normalized spacial score (nSPS) is 61.1. The van der Waals surface area contributed by atoms with Crippen LogP contribution in [0.4, 0.5) is 0 Å². The van der Waals surface area contributed by atoms with Gasteiger partial charge in [0.25, 0.3) is 0 Å². The summed E-state index contributed by atoms with van der Waals surface area (Å²) in [4.78, 5) is 12.2. The van der Waals surface area contributed by atoms with Crippen LogP contribution in [0.25, 0.3) is 0 Å². The molecule has 0 aromatic carbocycles. The van der Waals surface area contributed by atoms with Crippen LogP contribution in [0.15, 0.2) is 0 Å². The number of cyclic esters (lactones) is 1. The number of carbonyl (C=O) groups excluding carboxylic acids is 1. The quantitative estimate of drug-likeness (QED) is 0.644. The maximum atomic E-state index is 12.2. The zero-order valence-electron chi connectivity index (χ0n) is 11.8. The first-order valence-corrected chi connectivity index (χ1v) is 7.26. The van der Waals surface area contributed by atoms with Gasteiger partial charge >= 0.3 is 5.97 Å². The summed E-state index contributed by atoms with van der Waals surface area (Å²) < 4.78 is 5.21. The SMILES string of the molecule is CC1(C)C[C@H]2[C@@H](O)[C@]34COC(=O)[C@@]3(C4)[C@](C)(O)[C@H]2C1. The lowest BCUT2D eigenvalue weighted by atomic mass is 9.60. The summed E-state index contributed by atoms with van der Waals surface area (Å²) in [6, 6.07) is 0. The molecule has 106 valence electrons. The van der Waals surface area contributed by atoms with Crippen molar-refractivity contribution in [1.29, 1.82) is 0 Å². The van der Waals surface area contributed by atoms with Gasteiger partial charge in [-0.2, -0.15) is 0 Å². The Balaban J connectivity index is 1.85. The molecule has 0 radical (unpaired) electrons. The summed E-state index contributed by atoms with van der Waals surface area (Å²) in [6.45, 7) is 6.45. The van der Waals surface area contributed by atoms with Gasteiger partial charge in [-0.15, -0.1) is 0 Å². The lowest BCUT2D eigenvalue weighted by Crippen LogP contribution is -2.58. The molecule has 0 amide bonds. The highest BCUT2D eigenvalue weighted by molar-refractivity contribution is 5.87. The molecule has 4 fully saturated rings. The molecule has 1 saturated heterocycles. The van der Waals surface area contributed by atoms with Gasteiger partial charge in [-0.3, -0.25) is 4.79 Å². The molecule has 2 N–H and O–H groups in total. The Morgan fingerprint density at radius 2 is 1.95 bits per heavy atom. The number of carbonyl (C=O) groups is 1. The molecule has 1 heterocycles. The second-order valence-corrected chi connectivity index (χ2v) is 8.25. The summed E-state index contributed by atoms with van der Waals surface area (Å²) in [7, 11) is 0. The topological polar surface area (TPSA) is 66.8 Å². The van der Waals surface area contributed by atoms with Crippen molar-refractivity contribution < 1.29 is 19.7 Å². The number of hydrogen-bond acceptors (Lipinski definition) is 4. The largest absolute Gasteiger partial charge is 0.464 e. The van der Waals surface area contributed by atoms with Crippen LogP contribution >= 0.6 is 0 Å². The van der Waals surface area contributed by atoms with Crippen molar-refractivity contribution in [2.24, 2.45) is 28.1 Å². The zero-order valence-corrected chi connectivity index (χ0v) is 11.8. The third-order valence-corrected chi connectivity index (χ3v) is 6.75. The van der Waals surface area contributed by atoms with E-state index in [1.54, 1.807) is 6.92 Å². The van der Waals surface area contributed by atoms with Crippen LogP contribution in [0.2, 0.25) is 0 Å². The van der Waals surface area contributed by atoms with Gasteiger partial charge in [-0.05, 0) is 43.4 Å². The van der Waals surface area contributed by atoms with Crippen LogP contribution in [0.3, 0.4) is 0 Å². The van der Waals surface area contributed by atoms with E-state index < -0.39 is 22.5 Å². The number of aliphatic hydroxyl groups excluding tert-OH is 1. The van der Waals surface area contributed by atoms with Crippen LogP contribution in [0.1, 0.15) is 40.0 Å². The summed E-state index contributed by atoms with van der Waals surface area (Å²) in [5.41, 5.74) is -2.25. The fourth-order valence-electron chi connectivity index (χ4n) is 5.81. The molecular weight excluding hydrogens is 244 g/mol. The fraction of sp³-hybridized carbons (Fsp3) is 0.933. The molecule has 19 heavy (non-hydrogen) atoms. The predicted octanol–water partition coefficient (Wildman–Crippen LogP) is 1.10. The highest BCUT2D eigenvalue weighted by Crippen LogP contribution is 2.81. The molecule has 4 rings (SSSR count). The van der Waals surface area contributed by atoms with Gasteiger partial charge in [0.2, 0.25) is 0 Å². The van der Waals surface area contributed by atoms with Gasteiger partial charge < -0.3 is 14.9 Å².